The molecular weight excluding hydrogens is 271 g/mol. The normalized spacial score (nSPS) is 12.3. The van der Waals surface area contributed by atoms with Crippen LogP contribution in [0, 0.1) is 5.82 Å². The molecule has 2 aromatic rings. The van der Waals surface area contributed by atoms with E-state index < -0.39 is 11.2 Å². The highest BCUT2D eigenvalue weighted by atomic mass is 32.2. The lowest BCUT2D eigenvalue weighted by atomic mass is 10.2. The molecule has 0 saturated heterocycles. The van der Waals surface area contributed by atoms with E-state index in [0.29, 0.717) is 23.1 Å². The number of halogens is 1. The Morgan fingerprint density at radius 3 is 2.74 bits per heavy atom. The number of hydrogen-bond donors (Lipinski definition) is 1. The van der Waals surface area contributed by atoms with Gasteiger partial charge in [0.05, 0.1) is 11.0 Å². The van der Waals surface area contributed by atoms with Gasteiger partial charge in [0.2, 0.25) is 11.8 Å². The van der Waals surface area contributed by atoms with E-state index in [9.17, 15) is 9.18 Å². The molecule has 100 valence electrons. The first kappa shape index (κ1) is 13.5. The van der Waals surface area contributed by atoms with Crippen LogP contribution >= 0.6 is 11.8 Å². The second-order valence-corrected chi connectivity index (χ2v) is 5.13. The van der Waals surface area contributed by atoms with E-state index in [-0.39, 0.29) is 5.82 Å². The lowest BCUT2D eigenvalue weighted by molar-refractivity contribution is -0.136. The molecule has 0 aliphatic heterocycles. The fraction of sp³-hybridized carbons (Fsp3) is 0.250. The zero-order valence-electron chi connectivity index (χ0n) is 10.0. The summed E-state index contributed by atoms with van der Waals surface area (Å²) < 4.78 is 18.1. The van der Waals surface area contributed by atoms with E-state index in [1.165, 1.54) is 23.9 Å². The van der Waals surface area contributed by atoms with Crippen molar-refractivity contribution in [2.75, 3.05) is 0 Å². The molecule has 1 heterocycles. The molecule has 1 N–H and O–H groups in total. The molecule has 0 aliphatic carbocycles. The second-order valence-electron chi connectivity index (χ2n) is 3.80. The number of rotatable bonds is 5. The van der Waals surface area contributed by atoms with Gasteiger partial charge in [-0.25, -0.2) is 4.39 Å². The Hall–Kier alpha value is -1.89. The summed E-state index contributed by atoms with van der Waals surface area (Å²) in [6, 6.07) is 5.69. The number of nitrogens with zero attached hydrogens (tertiary/aromatic N) is 2. The highest BCUT2D eigenvalue weighted by Gasteiger charge is 2.14. The van der Waals surface area contributed by atoms with Crippen LogP contribution in [0.25, 0.3) is 11.5 Å². The van der Waals surface area contributed by atoms with Gasteiger partial charge in [0.25, 0.3) is 0 Å². The fourth-order valence-corrected chi connectivity index (χ4v) is 1.94. The Morgan fingerprint density at radius 1 is 1.42 bits per heavy atom. The largest absolute Gasteiger partial charge is 0.480 e. The Morgan fingerprint density at radius 2 is 2.11 bits per heavy atom. The van der Waals surface area contributed by atoms with Crippen molar-refractivity contribution < 1.29 is 18.7 Å². The Labute approximate surface area is 112 Å². The monoisotopic (exact) mass is 282 g/mol. The van der Waals surface area contributed by atoms with Gasteiger partial charge in [0.15, 0.2) is 0 Å². The van der Waals surface area contributed by atoms with Crippen LogP contribution in [0.4, 0.5) is 4.39 Å². The molecule has 2 rings (SSSR count). The molecule has 0 amide bonds. The summed E-state index contributed by atoms with van der Waals surface area (Å²) in [6.45, 7) is 1.59. The quantitative estimate of drug-likeness (QED) is 0.908. The van der Waals surface area contributed by atoms with Crippen LogP contribution in [0.5, 0.6) is 0 Å². The molecule has 5 nitrogen and oxygen atoms in total. The fourth-order valence-electron chi connectivity index (χ4n) is 1.29. The van der Waals surface area contributed by atoms with E-state index in [0.717, 1.165) is 0 Å². The minimum atomic E-state index is -0.886. The van der Waals surface area contributed by atoms with Crippen molar-refractivity contribution >= 4 is 17.7 Å². The first-order valence-corrected chi connectivity index (χ1v) is 6.54. The van der Waals surface area contributed by atoms with E-state index >= 15 is 0 Å². The number of carboxylic acids is 1. The number of carboxylic acid groups (broad SMARTS) is 1. The van der Waals surface area contributed by atoms with Crippen LogP contribution < -0.4 is 0 Å². The van der Waals surface area contributed by atoms with Crippen LogP contribution in [-0.2, 0) is 10.5 Å². The number of thioether (sulfide) groups is 1. The average Bonchev–Trinajstić information content (AvgIpc) is 2.85. The lowest BCUT2D eigenvalue weighted by Gasteiger charge is -2.02. The molecular formula is C12H11FN2O3S. The number of aliphatic carboxylic acids is 1. The molecule has 1 unspecified atom stereocenters. The summed E-state index contributed by atoms with van der Waals surface area (Å²) in [7, 11) is 0. The molecule has 0 saturated carbocycles. The molecule has 1 aromatic carbocycles. The highest BCUT2D eigenvalue weighted by Crippen LogP contribution is 2.21. The molecule has 0 radical (unpaired) electrons. The van der Waals surface area contributed by atoms with Gasteiger partial charge < -0.3 is 9.52 Å². The summed E-state index contributed by atoms with van der Waals surface area (Å²) in [4.78, 5) is 10.7. The summed E-state index contributed by atoms with van der Waals surface area (Å²) in [5, 5.41) is 15.9. The molecule has 0 fully saturated rings. The molecule has 0 spiro atoms. The summed E-state index contributed by atoms with van der Waals surface area (Å²) in [5.41, 5.74) is 0.622. The van der Waals surface area contributed by atoms with Gasteiger partial charge in [0, 0.05) is 5.56 Å². The van der Waals surface area contributed by atoms with Crippen molar-refractivity contribution in [1.29, 1.82) is 0 Å². The van der Waals surface area contributed by atoms with Crippen molar-refractivity contribution in [1.82, 2.24) is 10.2 Å². The third kappa shape index (κ3) is 3.54. The van der Waals surface area contributed by atoms with Gasteiger partial charge in [0.1, 0.15) is 5.82 Å². The summed E-state index contributed by atoms with van der Waals surface area (Å²) in [6.07, 6.45) is 0. The summed E-state index contributed by atoms with van der Waals surface area (Å²) in [5.74, 6) is -0.268. The van der Waals surface area contributed by atoms with Crippen molar-refractivity contribution in [2.24, 2.45) is 0 Å². The van der Waals surface area contributed by atoms with Crippen LogP contribution in [-0.4, -0.2) is 26.5 Å². The maximum absolute atomic E-state index is 12.8. The van der Waals surface area contributed by atoms with Crippen molar-refractivity contribution in [3.05, 3.63) is 36.0 Å². The van der Waals surface area contributed by atoms with Gasteiger partial charge in [-0.05, 0) is 31.2 Å². The van der Waals surface area contributed by atoms with Crippen molar-refractivity contribution in [3.63, 3.8) is 0 Å². The van der Waals surface area contributed by atoms with E-state index in [1.54, 1.807) is 19.1 Å². The van der Waals surface area contributed by atoms with Crippen LogP contribution in [0.1, 0.15) is 12.8 Å². The molecule has 1 aromatic heterocycles. The van der Waals surface area contributed by atoms with Gasteiger partial charge in [-0.1, -0.05) is 0 Å². The maximum Gasteiger partial charge on any atom is 0.316 e. The first-order valence-electron chi connectivity index (χ1n) is 5.49. The van der Waals surface area contributed by atoms with E-state index in [4.69, 9.17) is 9.52 Å². The predicted octanol–water partition coefficient (Wildman–Crippen LogP) is 2.58. The minimum absolute atomic E-state index is 0.290. The third-order valence-corrected chi connectivity index (χ3v) is 3.48. The second kappa shape index (κ2) is 5.83. The van der Waals surface area contributed by atoms with Crippen molar-refractivity contribution in [2.45, 2.75) is 17.9 Å². The molecule has 1 atom stereocenters. The SMILES string of the molecule is CC(SCc1nnc(-c2ccc(F)cc2)o1)C(=O)O. The highest BCUT2D eigenvalue weighted by molar-refractivity contribution is 7.99. The van der Waals surface area contributed by atoms with Gasteiger partial charge in [-0.15, -0.1) is 22.0 Å². The van der Waals surface area contributed by atoms with Crippen LogP contribution in [0.15, 0.2) is 28.7 Å². The predicted molar refractivity (Wildman–Crippen MR) is 68.1 cm³/mol. The minimum Gasteiger partial charge on any atom is -0.480 e. The number of hydrogen-bond acceptors (Lipinski definition) is 5. The van der Waals surface area contributed by atoms with Crippen molar-refractivity contribution in [3.8, 4) is 11.5 Å². The Bertz CT molecular complexity index is 571. The summed E-state index contributed by atoms with van der Waals surface area (Å²) >= 11 is 1.19. The van der Waals surface area contributed by atoms with E-state index in [1.807, 2.05) is 0 Å². The van der Waals surface area contributed by atoms with Crippen LogP contribution in [0.2, 0.25) is 0 Å². The van der Waals surface area contributed by atoms with Gasteiger partial charge >= 0.3 is 5.97 Å². The average molecular weight is 282 g/mol. The van der Waals surface area contributed by atoms with E-state index in [2.05, 4.69) is 10.2 Å². The zero-order valence-corrected chi connectivity index (χ0v) is 10.9. The lowest BCUT2D eigenvalue weighted by Crippen LogP contribution is -2.11. The Balaban J connectivity index is 2.03. The first-order chi connectivity index (χ1) is 9.06. The molecule has 7 heteroatoms. The van der Waals surface area contributed by atoms with Gasteiger partial charge in [-0.3, -0.25) is 4.79 Å². The molecule has 0 aliphatic rings. The third-order valence-electron chi connectivity index (χ3n) is 2.36. The number of aromatic nitrogens is 2. The van der Waals surface area contributed by atoms with Crippen LogP contribution in [0.3, 0.4) is 0 Å². The number of benzene rings is 1. The molecule has 0 bridgehead atoms. The maximum atomic E-state index is 12.8. The Kier molecular flexibility index (Phi) is 4.16. The topological polar surface area (TPSA) is 76.2 Å². The number of carbonyl (C=O) groups is 1. The smallest absolute Gasteiger partial charge is 0.316 e. The zero-order chi connectivity index (χ0) is 13.8. The molecule has 19 heavy (non-hydrogen) atoms. The standard InChI is InChI=1S/C12H11FN2O3S/c1-7(12(16)17)19-6-10-14-15-11(18-10)8-2-4-9(13)5-3-8/h2-5,7H,6H2,1H3,(H,16,17). The van der Waals surface area contributed by atoms with Gasteiger partial charge in [-0.2, -0.15) is 0 Å².